The van der Waals surface area contributed by atoms with Crippen molar-refractivity contribution >= 4 is 17.1 Å². The summed E-state index contributed by atoms with van der Waals surface area (Å²) in [7, 11) is 0. The summed E-state index contributed by atoms with van der Waals surface area (Å²) in [5.74, 6) is 1.48. The van der Waals surface area contributed by atoms with Crippen LogP contribution in [0.5, 0.6) is 5.75 Å². The van der Waals surface area contributed by atoms with E-state index in [1.165, 1.54) is 25.7 Å². The van der Waals surface area contributed by atoms with Crippen molar-refractivity contribution in [2.45, 2.75) is 31.7 Å². The predicted molar refractivity (Wildman–Crippen MR) is 113 cm³/mol. The molecular formula is C21H27N7O2. The molecule has 3 heterocycles. The number of hydrogen-bond donors (Lipinski definition) is 1. The molecule has 9 heteroatoms. The first-order valence-corrected chi connectivity index (χ1v) is 10.7. The lowest BCUT2D eigenvalue weighted by Gasteiger charge is -2.26. The molecule has 3 aromatic rings. The Labute approximate surface area is 175 Å². The second kappa shape index (κ2) is 8.93. The molecule has 0 amide bonds. The van der Waals surface area contributed by atoms with Gasteiger partial charge in [0.2, 0.25) is 5.95 Å². The number of aromatic nitrogens is 5. The number of hydrogen-bond acceptors (Lipinski definition) is 8. The van der Waals surface area contributed by atoms with Crippen LogP contribution in [-0.4, -0.2) is 75.4 Å². The van der Waals surface area contributed by atoms with Crippen molar-refractivity contribution in [3.63, 3.8) is 0 Å². The summed E-state index contributed by atoms with van der Waals surface area (Å²) in [5, 5.41) is 11.9. The van der Waals surface area contributed by atoms with Gasteiger partial charge in [0.15, 0.2) is 11.2 Å². The molecule has 2 fully saturated rings. The standard InChI is InChI=1S/C21H27N7O2/c1-2-4-16(3-1)23-21-22-15-19-20(24-21)28(26-25-19)17-5-7-18(8-6-17)30-14-11-27-9-12-29-13-10-27/h5-8,15-16H,1-4,9-14H2,(H,22,23,24). The molecule has 0 radical (unpaired) electrons. The minimum Gasteiger partial charge on any atom is -0.492 e. The fraction of sp³-hybridized carbons (Fsp3) is 0.524. The summed E-state index contributed by atoms with van der Waals surface area (Å²) >= 11 is 0. The molecule has 1 aliphatic heterocycles. The van der Waals surface area contributed by atoms with Crippen LogP contribution in [0.4, 0.5) is 5.95 Å². The summed E-state index contributed by atoms with van der Waals surface area (Å²) in [5.41, 5.74) is 2.27. The molecule has 0 spiro atoms. The van der Waals surface area contributed by atoms with Gasteiger partial charge in [0, 0.05) is 25.7 Å². The first kappa shape index (κ1) is 19.2. The van der Waals surface area contributed by atoms with Crippen LogP contribution >= 0.6 is 0 Å². The SMILES string of the molecule is c1cc(-n2nnc3cnc(NC4CCCC4)nc32)ccc1OCCN1CCOCC1. The molecule has 1 aliphatic carbocycles. The van der Waals surface area contributed by atoms with Gasteiger partial charge in [0.1, 0.15) is 12.4 Å². The lowest BCUT2D eigenvalue weighted by Crippen LogP contribution is -2.38. The van der Waals surface area contributed by atoms with Crippen molar-refractivity contribution in [1.29, 1.82) is 0 Å². The van der Waals surface area contributed by atoms with Gasteiger partial charge in [-0.05, 0) is 37.1 Å². The Balaban J connectivity index is 1.25. The minimum atomic E-state index is 0.459. The molecule has 1 saturated heterocycles. The lowest BCUT2D eigenvalue weighted by molar-refractivity contribution is 0.0322. The fourth-order valence-electron chi connectivity index (χ4n) is 4.03. The van der Waals surface area contributed by atoms with Gasteiger partial charge in [-0.1, -0.05) is 18.1 Å². The topological polar surface area (TPSA) is 90.2 Å². The van der Waals surface area contributed by atoms with Gasteiger partial charge in [-0.25, -0.2) is 4.98 Å². The Kier molecular flexibility index (Phi) is 5.71. The Morgan fingerprint density at radius 3 is 2.70 bits per heavy atom. The Bertz CT molecular complexity index is 963. The maximum atomic E-state index is 5.90. The summed E-state index contributed by atoms with van der Waals surface area (Å²) in [6.07, 6.45) is 6.60. The van der Waals surface area contributed by atoms with E-state index in [9.17, 15) is 0 Å². The summed E-state index contributed by atoms with van der Waals surface area (Å²) in [6.45, 7) is 5.13. The first-order valence-electron chi connectivity index (χ1n) is 10.7. The lowest BCUT2D eigenvalue weighted by atomic mass is 10.2. The van der Waals surface area contributed by atoms with Gasteiger partial charge in [-0.3, -0.25) is 4.90 Å². The van der Waals surface area contributed by atoms with E-state index in [1.807, 2.05) is 24.3 Å². The number of benzene rings is 1. The zero-order valence-corrected chi connectivity index (χ0v) is 17.0. The molecular weight excluding hydrogens is 382 g/mol. The Morgan fingerprint density at radius 2 is 1.90 bits per heavy atom. The van der Waals surface area contributed by atoms with E-state index in [2.05, 4.69) is 30.5 Å². The molecule has 1 aromatic carbocycles. The zero-order chi connectivity index (χ0) is 20.2. The highest BCUT2D eigenvalue weighted by atomic mass is 16.5. The van der Waals surface area contributed by atoms with E-state index in [0.717, 1.165) is 44.3 Å². The van der Waals surface area contributed by atoms with Crippen LogP contribution in [-0.2, 0) is 4.74 Å². The molecule has 2 aliphatic rings. The van der Waals surface area contributed by atoms with Crippen molar-refractivity contribution in [1.82, 2.24) is 29.9 Å². The summed E-state index contributed by atoms with van der Waals surface area (Å²) < 4.78 is 13.0. The number of nitrogens with one attached hydrogen (secondary N) is 1. The number of nitrogens with zero attached hydrogens (tertiary/aromatic N) is 6. The van der Waals surface area contributed by atoms with Crippen LogP contribution in [0.1, 0.15) is 25.7 Å². The average molecular weight is 409 g/mol. The van der Waals surface area contributed by atoms with E-state index in [4.69, 9.17) is 9.47 Å². The van der Waals surface area contributed by atoms with Crippen LogP contribution in [0, 0.1) is 0 Å². The monoisotopic (exact) mass is 409 g/mol. The second-order valence-electron chi connectivity index (χ2n) is 7.83. The number of morpholine rings is 1. The minimum absolute atomic E-state index is 0.459. The highest BCUT2D eigenvalue weighted by Gasteiger charge is 2.17. The van der Waals surface area contributed by atoms with Crippen molar-refractivity contribution in [2.24, 2.45) is 0 Å². The third-order valence-corrected chi connectivity index (χ3v) is 5.74. The van der Waals surface area contributed by atoms with Crippen molar-refractivity contribution < 1.29 is 9.47 Å². The van der Waals surface area contributed by atoms with Crippen LogP contribution in [0.2, 0.25) is 0 Å². The molecule has 5 rings (SSSR count). The Hall–Kier alpha value is -2.78. The number of anilines is 1. The predicted octanol–water partition coefficient (Wildman–Crippen LogP) is 2.28. The maximum Gasteiger partial charge on any atom is 0.225 e. The maximum absolute atomic E-state index is 5.90. The molecule has 158 valence electrons. The second-order valence-corrected chi connectivity index (χ2v) is 7.83. The van der Waals surface area contributed by atoms with Gasteiger partial charge in [0.05, 0.1) is 25.1 Å². The van der Waals surface area contributed by atoms with Crippen molar-refractivity contribution in [2.75, 3.05) is 44.8 Å². The summed E-state index contributed by atoms with van der Waals surface area (Å²) in [4.78, 5) is 11.4. The van der Waals surface area contributed by atoms with Crippen LogP contribution < -0.4 is 10.1 Å². The smallest absolute Gasteiger partial charge is 0.225 e. The summed E-state index contributed by atoms with van der Waals surface area (Å²) in [6, 6.07) is 8.33. The van der Waals surface area contributed by atoms with E-state index < -0.39 is 0 Å². The van der Waals surface area contributed by atoms with Crippen LogP contribution in [0.3, 0.4) is 0 Å². The van der Waals surface area contributed by atoms with Crippen LogP contribution in [0.15, 0.2) is 30.5 Å². The fourth-order valence-corrected chi connectivity index (χ4v) is 4.03. The van der Waals surface area contributed by atoms with Gasteiger partial charge in [0.25, 0.3) is 0 Å². The molecule has 30 heavy (non-hydrogen) atoms. The molecule has 1 saturated carbocycles. The largest absolute Gasteiger partial charge is 0.492 e. The van der Waals surface area contributed by atoms with Crippen molar-refractivity contribution in [3.8, 4) is 11.4 Å². The van der Waals surface area contributed by atoms with Gasteiger partial charge in [-0.2, -0.15) is 9.67 Å². The number of ether oxygens (including phenoxy) is 2. The van der Waals surface area contributed by atoms with Crippen LogP contribution in [0.25, 0.3) is 16.9 Å². The quantitative estimate of drug-likeness (QED) is 0.636. The highest BCUT2D eigenvalue weighted by Crippen LogP contribution is 2.22. The van der Waals surface area contributed by atoms with E-state index in [0.29, 0.717) is 29.8 Å². The third kappa shape index (κ3) is 4.36. The first-order chi connectivity index (χ1) is 14.8. The average Bonchev–Trinajstić information content (AvgIpc) is 3.45. The van der Waals surface area contributed by atoms with Gasteiger partial charge < -0.3 is 14.8 Å². The molecule has 0 atom stereocenters. The molecule has 9 nitrogen and oxygen atoms in total. The van der Waals surface area contributed by atoms with E-state index in [1.54, 1.807) is 10.9 Å². The molecule has 2 aromatic heterocycles. The molecule has 0 bridgehead atoms. The zero-order valence-electron chi connectivity index (χ0n) is 17.0. The third-order valence-electron chi connectivity index (χ3n) is 5.74. The van der Waals surface area contributed by atoms with Gasteiger partial charge in [-0.15, -0.1) is 5.10 Å². The number of fused-ring (bicyclic) bond motifs is 1. The normalized spacial score (nSPS) is 18.1. The highest BCUT2D eigenvalue weighted by molar-refractivity contribution is 5.72. The molecule has 0 unspecified atom stereocenters. The Morgan fingerprint density at radius 1 is 1.10 bits per heavy atom. The van der Waals surface area contributed by atoms with Crippen molar-refractivity contribution in [3.05, 3.63) is 30.5 Å². The van der Waals surface area contributed by atoms with Gasteiger partial charge >= 0.3 is 0 Å². The number of rotatable bonds is 7. The molecule has 1 N–H and O–H groups in total. The van der Waals surface area contributed by atoms with E-state index >= 15 is 0 Å². The van der Waals surface area contributed by atoms with E-state index in [-0.39, 0.29) is 0 Å².